The van der Waals surface area contributed by atoms with E-state index in [1.165, 1.54) is 7.11 Å². The van der Waals surface area contributed by atoms with Crippen LogP contribution in [-0.4, -0.2) is 36.3 Å². The molecule has 19 heavy (non-hydrogen) atoms. The highest BCUT2D eigenvalue weighted by atomic mass is 16.5. The van der Waals surface area contributed by atoms with Gasteiger partial charge in [0.2, 0.25) is 0 Å². The van der Waals surface area contributed by atoms with Gasteiger partial charge in [0.15, 0.2) is 0 Å². The molecule has 1 aliphatic heterocycles. The summed E-state index contributed by atoms with van der Waals surface area (Å²) in [5.41, 5.74) is 2.08. The summed E-state index contributed by atoms with van der Waals surface area (Å²) >= 11 is 0. The molecule has 0 unspecified atom stereocenters. The number of H-pyrrole nitrogens is 1. The standard InChI is InChI=1S/C14H16N2O3/c1-18-14(17)10-3-2-4-11-12(10)16-13(15-11)9-5-7-19-8-6-9/h2-4,9H,5-8H2,1H3,(H,15,16). The first-order valence-corrected chi connectivity index (χ1v) is 6.44. The Labute approximate surface area is 110 Å². The molecule has 0 radical (unpaired) electrons. The first-order chi connectivity index (χ1) is 9.29. The van der Waals surface area contributed by atoms with E-state index in [1.54, 1.807) is 6.07 Å². The van der Waals surface area contributed by atoms with E-state index in [1.807, 2.05) is 12.1 Å². The summed E-state index contributed by atoms with van der Waals surface area (Å²) < 4.78 is 10.1. The lowest BCUT2D eigenvalue weighted by atomic mass is 10.00. The molecule has 1 saturated heterocycles. The highest BCUT2D eigenvalue weighted by molar-refractivity contribution is 6.01. The van der Waals surface area contributed by atoms with Crippen molar-refractivity contribution in [1.29, 1.82) is 0 Å². The van der Waals surface area contributed by atoms with Gasteiger partial charge in [-0.15, -0.1) is 0 Å². The molecule has 0 saturated carbocycles. The fourth-order valence-electron chi connectivity index (χ4n) is 2.49. The second-order valence-corrected chi connectivity index (χ2v) is 4.70. The number of esters is 1. The topological polar surface area (TPSA) is 64.2 Å². The van der Waals surface area contributed by atoms with Crippen LogP contribution < -0.4 is 0 Å². The van der Waals surface area contributed by atoms with Crippen molar-refractivity contribution >= 4 is 17.0 Å². The Morgan fingerprint density at radius 2 is 2.21 bits per heavy atom. The van der Waals surface area contributed by atoms with Crippen LogP contribution in [0.1, 0.15) is 34.9 Å². The van der Waals surface area contributed by atoms with Gasteiger partial charge in [-0.05, 0) is 25.0 Å². The Kier molecular flexibility index (Phi) is 3.21. The van der Waals surface area contributed by atoms with Gasteiger partial charge in [-0.1, -0.05) is 6.07 Å². The summed E-state index contributed by atoms with van der Waals surface area (Å²) in [6.07, 6.45) is 1.93. The molecule has 0 aliphatic carbocycles. The summed E-state index contributed by atoms with van der Waals surface area (Å²) in [5, 5.41) is 0. The minimum atomic E-state index is -0.351. The molecule has 1 fully saturated rings. The average molecular weight is 260 g/mol. The van der Waals surface area contributed by atoms with Crippen LogP contribution >= 0.6 is 0 Å². The quantitative estimate of drug-likeness (QED) is 0.841. The number of hydrogen-bond donors (Lipinski definition) is 1. The monoisotopic (exact) mass is 260 g/mol. The van der Waals surface area contributed by atoms with Gasteiger partial charge in [0.05, 0.1) is 18.2 Å². The molecule has 0 spiro atoms. The number of rotatable bonds is 2. The van der Waals surface area contributed by atoms with Gasteiger partial charge in [0, 0.05) is 19.1 Å². The van der Waals surface area contributed by atoms with Crippen LogP contribution in [0.15, 0.2) is 18.2 Å². The first-order valence-electron chi connectivity index (χ1n) is 6.44. The van der Waals surface area contributed by atoms with Gasteiger partial charge < -0.3 is 14.5 Å². The molecule has 3 rings (SSSR count). The molecule has 0 amide bonds. The zero-order valence-electron chi connectivity index (χ0n) is 10.8. The number of aromatic amines is 1. The Morgan fingerprint density at radius 1 is 1.42 bits per heavy atom. The van der Waals surface area contributed by atoms with Gasteiger partial charge in [0.1, 0.15) is 11.3 Å². The molecule has 0 atom stereocenters. The molecule has 100 valence electrons. The van der Waals surface area contributed by atoms with Gasteiger partial charge in [-0.2, -0.15) is 0 Å². The molecule has 2 aromatic rings. The summed E-state index contributed by atoms with van der Waals surface area (Å²) in [6.45, 7) is 1.54. The summed E-state index contributed by atoms with van der Waals surface area (Å²) in [6, 6.07) is 5.50. The minimum Gasteiger partial charge on any atom is -0.465 e. The van der Waals surface area contributed by atoms with E-state index < -0.39 is 0 Å². The second-order valence-electron chi connectivity index (χ2n) is 4.70. The number of nitrogens with zero attached hydrogens (tertiary/aromatic N) is 1. The van der Waals surface area contributed by atoms with E-state index in [9.17, 15) is 4.79 Å². The van der Waals surface area contributed by atoms with Crippen molar-refractivity contribution in [3.8, 4) is 0 Å². The van der Waals surface area contributed by atoms with Gasteiger partial charge in [-0.25, -0.2) is 9.78 Å². The molecule has 5 heteroatoms. The lowest BCUT2D eigenvalue weighted by Crippen LogP contribution is -2.15. The van der Waals surface area contributed by atoms with E-state index in [2.05, 4.69) is 9.97 Å². The smallest absolute Gasteiger partial charge is 0.340 e. The molecule has 1 N–H and O–H groups in total. The number of methoxy groups -OCH3 is 1. The van der Waals surface area contributed by atoms with Gasteiger partial charge in [0.25, 0.3) is 0 Å². The van der Waals surface area contributed by atoms with Crippen molar-refractivity contribution in [3.05, 3.63) is 29.6 Å². The normalized spacial score (nSPS) is 16.7. The average Bonchev–Trinajstić information content (AvgIpc) is 2.91. The minimum absolute atomic E-state index is 0.351. The van der Waals surface area contributed by atoms with E-state index in [4.69, 9.17) is 9.47 Å². The molecule has 5 nitrogen and oxygen atoms in total. The van der Waals surface area contributed by atoms with Gasteiger partial charge >= 0.3 is 5.97 Å². The largest absolute Gasteiger partial charge is 0.465 e. The maximum atomic E-state index is 11.7. The third-order valence-corrected chi connectivity index (χ3v) is 3.54. The number of fused-ring (bicyclic) bond motifs is 1. The molecular weight excluding hydrogens is 244 g/mol. The van der Waals surface area contributed by atoms with E-state index >= 15 is 0 Å². The van der Waals surface area contributed by atoms with E-state index in [0.29, 0.717) is 17.0 Å². The Balaban J connectivity index is 2.02. The number of para-hydroxylation sites is 1. The number of carbonyl (C=O) groups is 1. The SMILES string of the molecule is COC(=O)c1cccc2[nH]c(C3CCOCC3)nc12. The zero-order valence-corrected chi connectivity index (χ0v) is 10.8. The van der Waals surface area contributed by atoms with Crippen LogP contribution in [0.3, 0.4) is 0 Å². The highest BCUT2D eigenvalue weighted by Crippen LogP contribution is 2.27. The van der Waals surface area contributed by atoms with Crippen LogP contribution in [0.25, 0.3) is 11.0 Å². The third kappa shape index (κ3) is 2.21. The first kappa shape index (κ1) is 12.2. The lowest BCUT2D eigenvalue weighted by molar-refractivity contribution is 0.0602. The number of aromatic nitrogens is 2. The Bertz CT molecular complexity index is 600. The summed E-state index contributed by atoms with van der Waals surface area (Å²) in [4.78, 5) is 19.6. The number of ether oxygens (including phenoxy) is 2. The fraction of sp³-hybridized carbons (Fsp3) is 0.429. The Hall–Kier alpha value is -1.88. The maximum absolute atomic E-state index is 11.7. The summed E-state index contributed by atoms with van der Waals surface area (Å²) in [7, 11) is 1.38. The predicted molar refractivity (Wildman–Crippen MR) is 70.2 cm³/mol. The molecule has 1 aliphatic rings. The fourth-order valence-corrected chi connectivity index (χ4v) is 2.49. The molecule has 1 aromatic carbocycles. The second kappa shape index (κ2) is 5.01. The van der Waals surface area contributed by atoms with Crippen molar-refractivity contribution in [2.45, 2.75) is 18.8 Å². The van der Waals surface area contributed by atoms with Crippen molar-refractivity contribution in [2.24, 2.45) is 0 Å². The van der Waals surface area contributed by atoms with Crippen LogP contribution in [0, 0.1) is 0 Å². The summed E-state index contributed by atoms with van der Waals surface area (Å²) in [5.74, 6) is 0.969. The number of hydrogen-bond acceptors (Lipinski definition) is 4. The third-order valence-electron chi connectivity index (χ3n) is 3.54. The molecular formula is C14H16N2O3. The van der Waals surface area contributed by atoms with Crippen LogP contribution in [0.2, 0.25) is 0 Å². The van der Waals surface area contributed by atoms with Crippen molar-refractivity contribution in [1.82, 2.24) is 9.97 Å². The Morgan fingerprint density at radius 3 is 2.95 bits per heavy atom. The predicted octanol–water partition coefficient (Wildman–Crippen LogP) is 2.24. The van der Waals surface area contributed by atoms with E-state index in [0.717, 1.165) is 37.4 Å². The van der Waals surface area contributed by atoms with Crippen LogP contribution in [0.5, 0.6) is 0 Å². The number of benzene rings is 1. The van der Waals surface area contributed by atoms with Crippen LogP contribution in [0.4, 0.5) is 0 Å². The zero-order chi connectivity index (χ0) is 13.2. The molecule has 1 aromatic heterocycles. The number of carbonyl (C=O) groups excluding carboxylic acids is 1. The molecule has 0 bridgehead atoms. The van der Waals surface area contributed by atoms with Crippen molar-refractivity contribution < 1.29 is 14.3 Å². The molecule has 2 heterocycles. The van der Waals surface area contributed by atoms with Crippen molar-refractivity contribution in [3.63, 3.8) is 0 Å². The van der Waals surface area contributed by atoms with Gasteiger partial charge in [-0.3, -0.25) is 0 Å². The maximum Gasteiger partial charge on any atom is 0.340 e. The van der Waals surface area contributed by atoms with E-state index in [-0.39, 0.29) is 5.97 Å². The number of nitrogens with one attached hydrogen (secondary N) is 1. The van der Waals surface area contributed by atoms with Crippen molar-refractivity contribution in [2.75, 3.05) is 20.3 Å². The number of imidazole rings is 1. The lowest BCUT2D eigenvalue weighted by Gasteiger charge is -2.19. The highest BCUT2D eigenvalue weighted by Gasteiger charge is 2.21. The van der Waals surface area contributed by atoms with Crippen LogP contribution in [-0.2, 0) is 9.47 Å².